The maximum Gasteiger partial charge on any atom is 0.251 e. The van der Waals surface area contributed by atoms with Gasteiger partial charge in [0.25, 0.3) is 5.91 Å². The number of amides is 1. The van der Waals surface area contributed by atoms with Gasteiger partial charge in [-0.1, -0.05) is 24.3 Å². The summed E-state index contributed by atoms with van der Waals surface area (Å²) in [6.07, 6.45) is 0.835. The van der Waals surface area contributed by atoms with E-state index in [0.717, 1.165) is 40.2 Å². The second-order valence-electron chi connectivity index (χ2n) is 5.17. The van der Waals surface area contributed by atoms with Crippen molar-refractivity contribution in [3.8, 4) is 22.6 Å². The first-order chi connectivity index (χ1) is 10.3. The van der Waals surface area contributed by atoms with Crippen LogP contribution in [-0.4, -0.2) is 25.7 Å². The molecule has 0 fully saturated rings. The van der Waals surface area contributed by atoms with Gasteiger partial charge in [0.15, 0.2) is 11.5 Å². The lowest BCUT2D eigenvalue weighted by atomic mass is 9.90. The molecule has 4 nitrogen and oxygen atoms in total. The van der Waals surface area contributed by atoms with E-state index in [4.69, 9.17) is 9.47 Å². The number of hydrogen-bond acceptors (Lipinski definition) is 3. The summed E-state index contributed by atoms with van der Waals surface area (Å²) >= 11 is 0. The van der Waals surface area contributed by atoms with Crippen molar-refractivity contribution in [2.24, 2.45) is 0 Å². The number of rotatable bonds is 1. The molecule has 4 rings (SSSR count). The van der Waals surface area contributed by atoms with Gasteiger partial charge in [-0.25, -0.2) is 0 Å². The lowest BCUT2D eigenvalue weighted by molar-refractivity contribution is 0.0946. The molecule has 0 aromatic heterocycles. The minimum absolute atomic E-state index is 0.0000621. The third kappa shape index (κ3) is 1.95. The van der Waals surface area contributed by atoms with Crippen LogP contribution in [0.25, 0.3) is 11.1 Å². The van der Waals surface area contributed by atoms with Crippen LogP contribution in [0.5, 0.6) is 11.5 Å². The van der Waals surface area contributed by atoms with E-state index in [9.17, 15) is 4.79 Å². The highest BCUT2D eigenvalue weighted by molar-refractivity contribution is 5.99. The molecule has 0 atom stereocenters. The van der Waals surface area contributed by atoms with E-state index in [0.29, 0.717) is 19.8 Å². The zero-order valence-electron chi connectivity index (χ0n) is 11.5. The fourth-order valence-electron chi connectivity index (χ4n) is 3.00. The Morgan fingerprint density at radius 2 is 1.67 bits per heavy atom. The summed E-state index contributed by atoms with van der Waals surface area (Å²) in [5.74, 6) is 1.56. The molecule has 0 spiro atoms. The van der Waals surface area contributed by atoms with Gasteiger partial charge in [-0.2, -0.15) is 0 Å². The zero-order valence-corrected chi connectivity index (χ0v) is 11.5. The molecule has 0 saturated carbocycles. The number of ether oxygens (including phenoxy) is 2. The maximum atomic E-state index is 12.0. The summed E-state index contributed by atoms with van der Waals surface area (Å²) in [5.41, 5.74) is 3.90. The second-order valence-corrected chi connectivity index (χ2v) is 5.17. The van der Waals surface area contributed by atoms with Crippen molar-refractivity contribution in [3.05, 3.63) is 47.5 Å². The number of para-hydroxylation sites is 1. The van der Waals surface area contributed by atoms with E-state index in [1.54, 1.807) is 0 Å². The average molecular weight is 281 g/mol. The van der Waals surface area contributed by atoms with Crippen molar-refractivity contribution >= 4 is 5.91 Å². The molecule has 0 radical (unpaired) electrons. The number of hydrogen-bond donors (Lipinski definition) is 1. The molecule has 2 heterocycles. The Labute approximate surface area is 122 Å². The molecule has 0 aliphatic carbocycles. The summed E-state index contributed by atoms with van der Waals surface area (Å²) in [6.45, 7) is 1.81. The topological polar surface area (TPSA) is 47.6 Å². The van der Waals surface area contributed by atoms with Crippen LogP contribution in [0.15, 0.2) is 36.4 Å². The van der Waals surface area contributed by atoms with Gasteiger partial charge >= 0.3 is 0 Å². The molecule has 106 valence electrons. The number of nitrogens with one attached hydrogen (secondary N) is 1. The van der Waals surface area contributed by atoms with Crippen molar-refractivity contribution in [1.82, 2.24) is 5.32 Å². The van der Waals surface area contributed by atoms with Crippen LogP contribution in [0.3, 0.4) is 0 Å². The van der Waals surface area contributed by atoms with E-state index in [1.807, 2.05) is 36.4 Å². The van der Waals surface area contributed by atoms with Gasteiger partial charge in [-0.3, -0.25) is 4.79 Å². The zero-order chi connectivity index (χ0) is 14.2. The molecule has 2 aromatic rings. The van der Waals surface area contributed by atoms with E-state index in [-0.39, 0.29) is 5.91 Å². The van der Waals surface area contributed by atoms with Crippen molar-refractivity contribution in [3.63, 3.8) is 0 Å². The molecule has 4 heteroatoms. The molecular weight excluding hydrogens is 266 g/mol. The Bertz CT molecular complexity index is 724. The predicted octanol–water partition coefficient (Wildman–Crippen LogP) is 2.41. The lowest BCUT2D eigenvalue weighted by Gasteiger charge is -2.24. The first-order valence-corrected chi connectivity index (χ1v) is 7.13. The van der Waals surface area contributed by atoms with E-state index in [1.165, 1.54) is 0 Å². The normalized spacial score (nSPS) is 16.1. The summed E-state index contributed by atoms with van der Waals surface area (Å²) in [5, 5.41) is 2.88. The maximum absolute atomic E-state index is 12.0. The fraction of sp³-hybridized carbons (Fsp3) is 0.235. The van der Waals surface area contributed by atoms with Crippen molar-refractivity contribution < 1.29 is 14.3 Å². The van der Waals surface area contributed by atoms with Crippen LogP contribution in [-0.2, 0) is 6.42 Å². The number of carbonyl (C=O) groups is 1. The highest BCUT2D eigenvalue weighted by Crippen LogP contribution is 2.41. The smallest absolute Gasteiger partial charge is 0.251 e. The first kappa shape index (κ1) is 12.3. The third-order valence-electron chi connectivity index (χ3n) is 3.94. The van der Waals surface area contributed by atoms with Crippen LogP contribution in [0.2, 0.25) is 0 Å². The van der Waals surface area contributed by atoms with Crippen molar-refractivity contribution in [1.29, 1.82) is 0 Å². The Hall–Kier alpha value is -2.49. The Morgan fingerprint density at radius 1 is 0.905 bits per heavy atom. The Morgan fingerprint density at radius 3 is 2.62 bits per heavy atom. The van der Waals surface area contributed by atoms with Gasteiger partial charge in [-0.05, 0) is 29.7 Å². The van der Waals surface area contributed by atoms with Gasteiger partial charge in [-0.15, -0.1) is 0 Å². The highest BCUT2D eigenvalue weighted by atomic mass is 16.6. The fourth-order valence-corrected chi connectivity index (χ4v) is 3.00. The number of benzene rings is 2. The second kappa shape index (κ2) is 4.81. The molecule has 2 aromatic carbocycles. The quantitative estimate of drug-likeness (QED) is 0.873. The van der Waals surface area contributed by atoms with Gasteiger partial charge in [0.2, 0.25) is 0 Å². The SMILES string of the molecule is O=C1NCCc2c1cccc2-c1cccc2c1OCCO2. The first-order valence-electron chi connectivity index (χ1n) is 7.13. The molecule has 1 N–H and O–H groups in total. The minimum atomic E-state index is 0.0000621. The Balaban J connectivity index is 1.92. The monoisotopic (exact) mass is 281 g/mol. The van der Waals surface area contributed by atoms with Crippen LogP contribution in [0.4, 0.5) is 0 Å². The summed E-state index contributed by atoms with van der Waals surface area (Å²) in [7, 11) is 0. The Kier molecular flexibility index (Phi) is 2.81. The van der Waals surface area contributed by atoms with Crippen molar-refractivity contribution in [2.45, 2.75) is 6.42 Å². The number of carbonyl (C=O) groups excluding carboxylic acids is 1. The molecule has 1 amide bonds. The predicted molar refractivity (Wildman–Crippen MR) is 78.9 cm³/mol. The van der Waals surface area contributed by atoms with Crippen LogP contribution < -0.4 is 14.8 Å². The van der Waals surface area contributed by atoms with Crippen LogP contribution in [0.1, 0.15) is 15.9 Å². The largest absolute Gasteiger partial charge is 0.486 e. The van der Waals surface area contributed by atoms with Gasteiger partial charge in [0.05, 0.1) is 0 Å². The van der Waals surface area contributed by atoms with Gasteiger partial charge < -0.3 is 14.8 Å². The van der Waals surface area contributed by atoms with Crippen molar-refractivity contribution in [2.75, 3.05) is 19.8 Å². The lowest BCUT2D eigenvalue weighted by Crippen LogP contribution is -2.32. The highest BCUT2D eigenvalue weighted by Gasteiger charge is 2.23. The van der Waals surface area contributed by atoms with Gasteiger partial charge in [0.1, 0.15) is 13.2 Å². The molecule has 0 saturated heterocycles. The molecule has 2 aliphatic rings. The van der Waals surface area contributed by atoms with Crippen LogP contribution >= 0.6 is 0 Å². The molecule has 2 aliphatic heterocycles. The summed E-state index contributed by atoms with van der Waals surface area (Å²) in [6, 6.07) is 11.7. The van der Waals surface area contributed by atoms with E-state index in [2.05, 4.69) is 5.32 Å². The summed E-state index contributed by atoms with van der Waals surface area (Å²) in [4.78, 5) is 12.0. The third-order valence-corrected chi connectivity index (χ3v) is 3.94. The average Bonchev–Trinajstić information content (AvgIpc) is 2.54. The van der Waals surface area contributed by atoms with Gasteiger partial charge in [0, 0.05) is 17.7 Å². The molecule has 0 unspecified atom stereocenters. The molecular formula is C17H15NO3. The van der Waals surface area contributed by atoms with E-state index >= 15 is 0 Å². The van der Waals surface area contributed by atoms with E-state index < -0.39 is 0 Å². The minimum Gasteiger partial charge on any atom is -0.486 e. The molecule has 21 heavy (non-hydrogen) atoms. The summed E-state index contributed by atoms with van der Waals surface area (Å²) < 4.78 is 11.4. The van der Waals surface area contributed by atoms with Crippen LogP contribution in [0, 0.1) is 0 Å². The standard InChI is InChI=1S/C17H15NO3/c19-17-14-5-1-3-11(12(14)7-8-18-17)13-4-2-6-15-16(13)21-10-9-20-15/h1-6H,7-10H2,(H,18,19). The molecule has 0 bridgehead atoms. The number of fused-ring (bicyclic) bond motifs is 2.